The van der Waals surface area contributed by atoms with E-state index in [0.717, 1.165) is 6.42 Å². The lowest BCUT2D eigenvalue weighted by Crippen LogP contribution is -2.51. The van der Waals surface area contributed by atoms with Crippen LogP contribution in [0.3, 0.4) is 0 Å². The molecule has 3 nitrogen and oxygen atoms in total. The number of nitrogens with two attached hydrogens (primary N) is 1. The third-order valence-electron chi connectivity index (χ3n) is 3.06. The van der Waals surface area contributed by atoms with Crippen molar-refractivity contribution in [2.24, 2.45) is 11.1 Å². The molecule has 0 fully saturated rings. The molecule has 0 aromatic heterocycles. The van der Waals surface area contributed by atoms with E-state index in [4.69, 9.17) is 10.5 Å². The monoisotopic (exact) mass is 201 g/mol. The Kier molecular flexibility index (Phi) is 4.75. The van der Waals surface area contributed by atoms with Gasteiger partial charge in [0.1, 0.15) is 5.78 Å². The summed E-state index contributed by atoms with van der Waals surface area (Å²) < 4.78 is 4.91. The smallest absolute Gasteiger partial charge is 0.140 e. The van der Waals surface area contributed by atoms with E-state index >= 15 is 0 Å². The topological polar surface area (TPSA) is 52.3 Å². The standard InChI is InChI=1S/C11H23NO2/c1-10(2,11(3,4)12)9(13)7-6-8-14-5/h6-8,12H2,1-5H3. The van der Waals surface area contributed by atoms with Crippen LogP contribution in [0.25, 0.3) is 0 Å². The summed E-state index contributed by atoms with van der Waals surface area (Å²) in [7, 11) is 1.64. The first-order valence-electron chi connectivity index (χ1n) is 5.04. The lowest BCUT2D eigenvalue weighted by molar-refractivity contribution is -0.130. The first-order chi connectivity index (χ1) is 6.23. The molecule has 3 heteroatoms. The van der Waals surface area contributed by atoms with Gasteiger partial charge in [-0.2, -0.15) is 0 Å². The Balaban J connectivity index is 4.23. The first-order valence-corrected chi connectivity index (χ1v) is 5.04. The number of hydrogen-bond acceptors (Lipinski definition) is 3. The average Bonchev–Trinajstić information content (AvgIpc) is 2.02. The highest BCUT2D eigenvalue weighted by Gasteiger charge is 2.39. The molecule has 0 atom stereocenters. The number of methoxy groups -OCH3 is 1. The van der Waals surface area contributed by atoms with Crippen LogP contribution in [0.15, 0.2) is 0 Å². The third kappa shape index (κ3) is 3.39. The summed E-state index contributed by atoms with van der Waals surface area (Å²) in [5.74, 6) is 0.210. The molecule has 14 heavy (non-hydrogen) atoms. The van der Waals surface area contributed by atoms with Gasteiger partial charge in [0.25, 0.3) is 0 Å². The third-order valence-corrected chi connectivity index (χ3v) is 3.06. The molecular weight excluding hydrogens is 178 g/mol. The van der Waals surface area contributed by atoms with Gasteiger partial charge in [-0.05, 0) is 20.3 Å². The van der Waals surface area contributed by atoms with E-state index in [0.29, 0.717) is 13.0 Å². The molecule has 0 saturated heterocycles. The van der Waals surface area contributed by atoms with Crippen LogP contribution in [0.1, 0.15) is 40.5 Å². The van der Waals surface area contributed by atoms with Gasteiger partial charge in [0.15, 0.2) is 0 Å². The molecule has 0 amide bonds. The van der Waals surface area contributed by atoms with Gasteiger partial charge >= 0.3 is 0 Å². The fraction of sp³-hybridized carbons (Fsp3) is 0.909. The average molecular weight is 201 g/mol. The van der Waals surface area contributed by atoms with Crippen LogP contribution >= 0.6 is 0 Å². The summed E-state index contributed by atoms with van der Waals surface area (Å²) in [5.41, 5.74) is 5.02. The van der Waals surface area contributed by atoms with Crippen molar-refractivity contribution in [3.8, 4) is 0 Å². The minimum atomic E-state index is -0.475. The van der Waals surface area contributed by atoms with Crippen LogP contribution in [0.2, 0.25) is 0 Å². The highest BCUT2D eigenvalue weighted by Crippen LogP contribution is 2.30. The lowest BCUT2D eigenvalue weighted by atomic mass is 9.71. The molecule has 0 saturated carbocycles. The second-order valence-electron chi connectivity index (χ2n) is 4.87. The van der Waals surface area contributed by atoms with Gasteiger partial charge in [0, 0.05) is 31.1 Å². The number of rotatable bonds is 6. The second kappa shape index (κ2) is 4.89. The normalized spacial score (nSPS) is 13.0. The van der Waals surface area contributed by atoms with Crippen molar-refractivity contribution >= 4 is 5.78 Å². The largest absolute Gasteiger partial charge is 0.385 e. The van der Waals surface area contributed by atoms with Gasteiger partial charge in [-0.1, -0.05) is 13.8 Å². The lowest BCUT2D eigenvalue weighted by Gasteiger charge is -2.37. The summed E-state index contributed by atoms with van der Waals surface area (Å²) in [6, 6.07) is 0. The number of ketones is 1. The predicted octanol–water partition coefficient (Wildman–Crippen LogP) is 1.75. The van der Waals surface area contributed by atoms with Crippen molar-refractivity contribution in [3.05, 3.63) is 0 Å². The summed E-state index contributed by atoms with van der Waals surface area (Å²) in [5, 5.41) is 0. The van der Waals surface area contributed by atoms with Gasteiger partial charge in [-0.15, -0.1) is 0 Å². The van der Waals surface area contributed by atoms with Gasteiger partial charge in [-0.3, -0.25) is 4.79 Å². The number of ether oxygens (including phenoxy) is 1. The van der Waals surface area contributed by atoms with Crippen molar-refractivity contribution in [1.82, 2.24) is 0 Å². The molecule has 0 rings (SSSR count). The fourth-order valence-electron chi connectivity index (χ4n) is 1.05. The van der Waals surface area contributed by atoms with Crippen molar-refractivity contribution in [2.75, 3.05) is 13.7 Å². The van der Waals surface area contributed by atoms with Gasteiger partial charge in [-0.25, -0.2) is 0 Å². The summed E-state index contributed by atoms with van der Waals surface area (Å²) in [6.45, 7) is 8.22. The highest BCUT2D eigenvalue weighted by molar-refractivity contribution is 5.85. The number of carbonyl (C=O) groups excluding carboxylic acids is 1. The molecule has 0 unspecified atom stereocenters. The summed E-state index contributed by atoms with van der Waals surface area (Å²) >= 11 is 0. The molecule has 0 radical (unpaired) electrons. The number of Topliss-reactive ketones (excluding diaryl/α,β-unsaturated/α-hetero) is 1. The maximum atomic E-state index is 11.9. The zero-order chi connectivity index (χ0) is 11.4. The van der Waals surface area contributed by atoms with Crippen LogP contribution < -0.4 is 5.73 Å². The van der Waals surface area contributed by atoms with E-state index in [1.165, 1.54) is 0 Å². The van der Waals surface area contributed by atoms with Crippen LogP contribution in [0, 0.1) is 5.41 Å². The Morgan fingerprint density at radius 3 is 2.14 bits per heavy atom. The quantitative estimate of drug-likeness (QED) is 0.666. The van der Waals surface area contributed by atoms with E-state index in [1.807, 2.05) is 27.7 Å². The Bertz CT molecular complexity index is 192. The highest BCUT2D eigenvalue weighted by atomic mass is 16.5. The zero-order valence-corrected chi connectivity index (χ0v) is 10.0. The van der Waals surface area contributed by atoms with E-state index in [2.05, 4.69) is 0 Å². The predicted molar refractivity (Wildman–Crippen MR) is 58.2 cm³/mol. The minimum Gasteiger partial charge on any atom is -0.385 e. The fourth-order valence-corrected chi connectivity index (χ4v) is 1.05. The molecule has 0 aliphatic heterocycles. The second-order valence-corrected chi connectivity index (χ2v) is 4.87. The van der Waals surface area contributed by atoms with Crippen LogP contribution in [-0.4, -0.2) is 25.0 Å². The SMILES string of the molecule is COCCCC(=O)C(C)(C)C(C)(C)N. The van der Waals surface area contributed by atoms with E-state index < -0.39 is 11.0 Å². The molecule has 0 aromatic rings. The molecule has 0 heterocycles. The van der Waals surface area contributed by atoms with E-state index in [9.17, 15) is 4.79 Å². The first kappa shape index (κ1) is 13.6. The summed E-state index contributed by atoms with van der Waals surface area (Å²) in [4.78, 5) is 11.9. The maximum Gasteiger partial charge on any atom is 0.140 e. The van der Waals surface area contributed by atoms with E-state index in [-0.39, 0.29) is 5.78 Å². The Labute approximate surface area is 87.0 Å². The summed E-state index contributed by atoms with van der Waals surface area (Å²) in [6.07, 6.45) is 1.32. The minimum absolute atomic E-state index is 0.210. The van der Waals surface area contributed by atoms with Crippen molar-refractivity contribution in [2.45, 2.75) is 46.1 Å². The van der Waals surface area contributed by atoms with Crippen LogP contribution in [0.4, 0.5) is 0 Å². The number of hydrogen-bond donors (Lipinski definition) is 1. The van der Waals surface area contributed by atoms with E-state index in [1.54, 1.807) is 7.11 Å². The van der Waals surface area contributed by atoms with Gasteiger partial charge in [0.2, 0.25) is 0 Å². The molecule has 84 valence electrons. The Hall–Kier alpha value is -0.410. The van der Waals surface area contributed by atoms with Crippen LogP contribution in [0.5, 0.6) is 0 Å². The van der Waals surface area contributed by atoms with Gasteiger partial charge in [0.05, 0.1) is 0 Å². The molecular formula is C11H23NO2. The van der Waals surface area contributed by atoms with Gasteiger partial charge < -0.3 is 10.5 Å². The van der Waals surface area contributed by atoms with Crippen molar-refractivity contribution in [3.63, 3.8) is 0 Å². The number of carbonyl (C=O) groups is 1. The zero-order valence-electron chi connectivity index (χ0n) is 10.0. The molecule has 0 aliphatic rings. The molecule has 2 N–H and O–H groups in total. The molecule has 0 aromatic carbocycles. The maximum absolute atomic E-state index is 11.9. The molecule has 0 aliphatic carbocycles. The van der Waals surface area contributed by atoms with Crippen molar-refractivity contribution in [1.29, 1.82) is 0 Å². The molecule has 0 bridgehead atoms. The Morgan fingerprint density at radius 2 is 1.79 bits per heavy atom. The Morgan fingerprint density at radius 1 is 1.29 bits per heavy atom. The molecule has 0 spiro atoms. The van der Waals surface area contributed by atoms with Crippen molar-refractivity contribution < 1.29 is 9.53 Å². The van der Waals surface area contributed by atoms with Crippen LogP contribution in [-0.2, 0) is 9.53 Å².